The van der Waals surface area contributed by atoms with E-state index in [2.05, 4.69) is 65.9 Å². The highest BCUT2D eigenvalue weighted by atomic mass is 16.5. The van der Waals surface area contributed by atoms with E-state index in [1.165, 1.54) is 28.4 Å². The van der Waals surface area contributed by atoms with Crippen LogP contribution in [0.1, 0.15) is 81.9 Å². The van der Waals surface area contributed by atoms with Crippen LogP contribution in [0.4, 0.5) is 15.3 Å². The lowest BCUT2D eigenvalue weighted by atomic mass is 9.75. The molecule has 16 heteroatoms. The van der Waals surface area contributed by atoms with E-state index in [0.29, 0.717) is 25.3 Å². The lowest BCUT2D eigenvalue weighted by molar-refractivity contribution is -0.138. The Hall–Kier alpha value is -6.26. The van der Waals surface area contributed by atoms with Crippen LogP contribution in [0.15, 0.2) is 65.8 Å². The molecule has 8 rings (SSSR count). The Morgan fingerprint density at radius 1 is 0.750 bits per heavy atom. The molecule has 0 unspecified atom stereocenters. The first-order chi connectivity index (χ1) is 30.8. The van der Waals surface area contributed by atoms with Gasteiger partial charge in [-0.2, -0.15) is 0 Å². The number of aromatic amines is 1. The smallest absolute Gasteiger partial charge is 0.407 e. The van der Waals surface area contributed by atoms with Crippen LogP contribution < -0.4 is 15.4 Å². The second-order valence-electron chi connectivity index (χ2n) is 17.4. The van der Waals surface area contributed by atoms with Crippen LogP contribution in [0.3, 0.4) is 0 Å². The molecule has 6 atom stereocenters. The third kappa shape index (κ3) is 8.31. The highest BCUT2D eigenvalue weighted by Crippen LogP contribution is 2.50. The van der Waals surface area contributed by atoms with E-state index in [4.69, 9.17) is 33.7 Å². The molecule has 0 spiro atoms. The van der Waals surface area contributed by atoms with Crippen LogP contribution in [-0.4, -0.2) is 121 Å². The number of imidazole rings is 1. The standard InChI is InChI=1S/C48H57N7O9/c1-26(60-5)41(52-46(58)62-7)44(56)54-19-9-11-37(54)35-23-31-21-28(14-17-34(31)50-35)29-13-16-32-40(24-29)64-39-18-15-30(22-33(39)48(32,3)4)36-25-49-43(51-36)38-12-10-20-55(38)45(57)42(27(2)61-6)53-47(59)63-8/h13-18,21-22,24-27,37-38,41-42H,9-12,19-20,23H2,1-8H3,(H,49,51)(H,52,58)(H,53,59)/t26-,27-,37+,38+,41+,42+/m1/s1. The molecule has 4 aromatic rings. The molecule has 0 aliphatic carbocycles. The Labute approximate surface area is 373 Å². The van der Waals surface area contributed by atoms with E-state index in [9.17, 15) is 19.2 Å². The number of H-pyrrole nitrogens is 1. The van der Waals surface area contributed by atoms with Gasteiger partial charge in [0.1, 0.15) is 29.4 Å². The number of methoxy groups -OCH3 is 4. The molecule has 338 valence electrons. The zero-order valence-electron chi connectivity index (χ0n) is 37.7. The van der Waals surface area contributed by atoms with Gasteiger partial charge in [-0.1, -0.05) is 32.0 Å². The van der Waals surface area contributed by atoms with Crippen LogP contribution in [0, 0.1) is 0 Å². The summed E-state index contributed by atoms with van der Waals surface area (Å²) in [4.78, 5) is 68.7. The van der Waals surface area contributed by atoms with Crippen LogP contribution >= 0.6 is 0 Å². The minimum atomic E-state index is -0.913. The van der Waals surface area contributed by atoms with Crippen molar-refractivity contribution >= 4 is 35.4 Å². The van der Waals surface area contributed by atoms with E-state index in [0.717, 1.165) is 87.7 Å². The van der Waals surface area contributed by atoms with Crippen molar-refractivity contribution in [1.29, 1.82) is 0 Å². The molecule has 4 aliphatic heterocycles. The molecule has 1 aromatic heterocycles. The highest BCUT2D eigenvalue weighted by Gasteiger charge is 2.41. The zero-order chi connectivity index (χ0) is 45.4. The maximum Gasteiger partial charge on any atom is 0.407 e. The summed E-state index contributed by atoms with van der Waals surface area (Å²) >= 11 is 0. The van der Waals surface area contributed by atoms with Gasteiger partial charge in [-0.25, -0.2) is 14.6 Å². The van der Waals surface area contributed by atoms with Crippen LogP contribution in [0.5, 0.6) is 11.5 Å². The molecule has 5 heterocycles. The lowest BCUT2D eigenvalue weighted by Gasteiger charge is -2.35. The number of fused-ring (bicyclic) bond motifs is 3. The van der Waals surface area contributed by atoms with Crippen LogP contribution in [0.25, 0.3) is 22.4 Å². The topological polar surface area (TPSA) is 186 Å². The molecule has 0 bridgehead atoms. The largest absolute Gasteiger partial charge is 0.457 e. The Balaban J connectivity index is 0.971. The van der Waals surface area contributed by atoms with E-state index < -0.39 is 41.9 Å². The lowest BCUT2D eigenvalue weighted by Crippen LogP contribution is -2.56. The van der Waals surface area contributed by atoms with Gasteiger partial charge in [-0.15, -0.1) is 0 Å². The number of alkyl carbamates (subject to hydrolysis) is 2. The van der Waals surface area contributed by atoms with Crippen molar-refractivity contribution in [3.05, 3.63) is 83.3 Å². The fourth-order valence-electron chi connectivity index (χ4n) is 9.54. The Morgan fingerprint density at radius 3 is 1.98 bits per heavy atom. The van der Waals surface area contributed by atoms with Crippen molar-refractivity contribution in [2.45, 2.75) is 102 Å². The number of nitrogens with one attached hydrogen (secondary N) is 3. The summed E-state index contributed by atoms with van der Waals surface area (Å²) in [5.41, 5.74) is 8.44. The van der Waals surface area contributed by atoms with Crippen molar-refractivity contribution in [2.24, 2.45) is 4.99 Å². The fourth-order valence-corrected chi connectivity index (χ4v) is 9.54. The zero-order valence-corrected chi connectivity index (χ0v) is 37.7. The van der Waals surface area contributed by atoms with Gasteiger partial charge in [-0.3, -0.25) is 14.6 Å². The molecule has 4 amide bonds. The summed E-state index contributed by atoms with van der Waals surface area (Å²) in [6.45, 7) is 8.99. The van der Waals surface area contributed by atoms with Crippen molar-refractivity contribution in [3.63, 3.8) is 0 Å². The minimum Gasteiger partial charge on any atom is -0.457 e. The van der Waals surface area contributed by atoms with Gasteiger partial charge >= 0.3 is 12.2 Å². The second-order valence-corrected chi connectivity index (χ2v) is 17.4. The first kappa shape index (κ1) is 44.4. The molecule has 64 heavy (non-hydrogen) atoms. The number of benzene rings is 3. The number of ether oxygens (including phenoxy) is 5. The normalized spacial score (nSPS) is 20.2. The maximum atomic E-state index is 13.8. The number of rotatable bonds is 12. The van der Waals surface area contributed by atoms with Gasteiger partial charge in [0.2, 0.25) is 11.8 Å². The monoisotopic (exact) mass is 875 g/mol. The molecule has 4 aliphatic rings. The predicted molar refractivity (Wildman–Crippen MR) is 239 cm³/mol. The summed E-state index contributed by atoms with van der Waals surface area (Å²) in [6.07, 6.45) is 3.07. The number of amides is 4. The van der Waals surface area contributed by atoms with Crippen LogP contribution in [0.2, 0.25) is 0 Å². The van der Waals surface area contributed by atoms with Crippen molar-refractivity contribution in [1.82, 2.24) is 30.4 Å². The van der Waals surface area contributed by atoms with Gasteiger partial charge in [0.15, 0.2) is 0 Å². The molecule has 3 aromatic carbocycles. The summed E-state index contributed by atoms with van der Waals surface area (Å²) in [5.74, 6) is 1.77. The summed E-state index contributed by atoms with van der Waals surface area (Å²) in [6, 6.07) is 16.5. The number of aliphatic imine (C=N–C) groups is 1. The predicted octanol–water partition coefficient (Wildman–Crippen LogP) is 6.98. The molecule has 0 saturated carbocycles. The van der Waals surface area contributed by atoms with E-state index >= 15 is 0 Å². The molecule has 3 N–H and O–H groups in total. The number of nitrogens with zero attached hydrogens (tertiary/aromatic N) is 4. The van der Waals surface area contributed by atoms with E-state index in [1.54, 1.807) is 24.9 Å². The number of likely N-dealkylation sites (tertiary alicyclic amines) is 2. The second kappa shape index (κ2) is 18.1. The number of hydrogen-bond acceptors (Lipinski definition) is 11. The van der Waals surface area contributed by atoms with Gasteiger partial charge in [0.25, 0.3) is 0 Å². The maximum absolute atomic E-state index is 13.8. The summed E-state index contributed by atoms with van der Waals surface area (Å²) in [5, 5.41) is 5.30. The quantitative estimate of drug-likeness (QED) is 0.134. The van der Waals surface area contributed by atoms with Gasteiger partial charge < -0.3 is 49.1 Å². The number of aromatic nitrogens is 2. The molecule has 2 saturated heterocycles. The molecule has 16 nitrogen and oxygen atoms in total. The number of carbonyl (C=O) groups is 4. The average Bonchev–Trinajstić information content (AvgIpc) is 4.15. The summed E-state index contributed by atoms with van der Waals surface area (Å²) < 4.78 is 27.1. The Bertz CT molecular complexity index is 2480. The van der Waals surface area contributed by atoms with Gasteiger partial charge in [0, 0.05) is 61.5 Å². The van der Waals surface area contributed by atoms with Gasteiger partial charge in [-0.05, 0) is 92.6 Å². The third-order valence-corrected chi connectivity index (χ3v) is 13.4. The number of carbonyl (C=O) groups excluding carboxylic acids is 4. The third-order valence-electron chi connectivity index (χ3n) is 13.4. The highest BCUT2D eigenvalue weighted by molar-refractivity contribution is 6.01. The first-order valence-corrected chi connectivity index (χ1v) is 21.8. The average molecular weight is 876 g/mol. The van der Waals surface area contributed by atoms with E-state index in [1.807, 2.05) is 23.1 Å². The van der Waals surface area contributed by atoms with E-state index in [-0.39, 0.29) is 23.9 Å². The molecule has 0 radical (unpaired) electrons. The fraction of sp³-hybridized carbons (Fsp3) is 0.458. The Morgan fingerprint density at radius 2 is 1.34 bits per heavy atom. The molecular weight excluding hydrogens is 819 g/mol. The summed E-state index contributed by atoms with van der Waals surface area (Å²) in [7, 11) is 5.54. The number of hydrogen-bond donors (Lipinski definition) is 3. The van der Waals surface area contributed by atoms with Crippen molar-refractivity contribution in [3.8, 4) is 33.9 Å². The van der Waals surface area contributed by atoms with Crippen LogP contribution in [-0.2, 0) is 40.4 Å². The Kier molecular flexibility index (Phi) is 12.5. The van der Waals surface area contributed by atoms with Gasteiger partial charge in [0.05, 0.1) is 56.1 Å². The molecular formula is C48H57N7O9. The first-order valence-electron chi connectivity index (χ1n) is 21.8. The van der Waals surface area contributed by atoms with Crippen molar-refractivity contribution < 1.29 is 42.9 Å². The SMILES string of the molecule is COC(=O)N[C@H](C(=O)N1CCC[C@H]1C1=Nc2ccc(-c3ccc4c(c3)Oc3ccc(-c5cnc([C@@H]6CCCN6C(=O)[C@@H](NC(=O)OC)[C@@H](C)OC)[nH]5)cc3C4(C)C)cc2C1)[C@@H](C)OC. The van der Waals surface area contributed by atoms with Crippen molar-refractivity contribution in [2.75, 3.05) is 41.5 Å². The minimum absolute atomic E-state index is 0.181. The molecule has 2 fully saturated rings.